The van der Waals surface area contributed by atoms with Crippen LogP contribution in [0.5, 0.6) is 0 Å². The number of nitrogens with zero attached hydrogens (tertiary/aromatic N) is 3. The van der Waals surface area contributed by atoms with Crippen LogP contribution < -0.4 is 5.32 Å². The van der Waals surface area contributed by atoms with Crippen molar-refractivity contribution in [3.8, 4) is 0 Å². The normalized spacial score (nSPS) is 10.5. The number of aromatic nitrogens is 3. The molecule has 0 atom stereocenters. The van der Waals surface area contributed by atoms with Gasteiger partial charge in [-0.05, 0) is 18.0 Å². The van der Waals surface area contributed by atoms with Crippen molar-refractivity contribution in [2.75, 3.05) is 38.8 Å². The first-order valence-electron chi connectivity index (χ1n) is 5.10. The second-order valence-electron chi connectivity index (χ2n) is 3.11. The molecule has 1 rings (SSSR count). The van der Waals surface area contributed by atoms with E-state index in [1.54, 1.807) is 7.11 Å². The molecule has 1 aromatic heterocycles. The van der Waals surface area contributed by atoms with E-state index >= 15 is 0 Å². The number of methoxy groups -OCH3 is 1. The molecular weight excluding hydrogens is 267 g/mol. The summed E-state index contributed by atoms with van der Waals surface area (Å²) >= 11 is 11.4. The Morgan fingerprint density at radius 3 is 2.76 bits per heavy atom. The molecule has 1 N–H and O–H groups in total. The number of ether oxygens (including phenoxy) is 2. The summed E-state index contributed by atoms with van der Waals surface area (Å²) in [5.41, 5.74) is 0. The van der Waals surface area contributed by atoms with Crippen LogP contribution in [0.1, 0.15) is 6.42 Å². The lowest BCUT2D eigenvalue weighted by Gasteiger charge is -2.06. The predicted octanol–water partition coefficient (Wildman–Crippen LogP) is 1.64. The molecule has 0 saturated carbocycles. The summed E-state index contributed by atoms with van der Waals surface area (Å²) in [7, 11) is 1.64. The summed E-state index contributed by atoms with van der Waals surface area (Å²) in [6, 6.07) is 0. The van der Waals surface area contributed by atoms with E-state index in [2.05, 4.69) is 20.5 Å². The molecule has 0 unspecified atom stereocenters. The highest BCUT2D eigenvalue weighted by molar-refractivity contribution is 6.32. The third-order valence-corrected chi connectivity index (χ3v) is 2.22. The molecular formula is C9H14Cl2N4O2. The molecule has 6 nitrogen and oxygen atoms in total. The van der Waals surface area contributed by atoms with Crippen LogP contribution in [0.3, 0.4) is 0 Å². The Kier molecular flexibility index (Phi) is 7.11. The number of hydrogen-bond acceptors (Lipinski definition) is 6. The molecule has 0 bridgehead atoms. The van der Waals surface area contributed by atoms with Crippen molar-refractivity contribution in [1.29, 1.82) is 0 Å². The zero-order valence-corrected chi connectivity index (χ0v) is 11.0. The monoisotopic (exact) mass is 280 g/mol. The first kappa shape index (κ1) is 14.4. The third-order valence-electron chi connectivity index (χ3n) is 1.81. The SMILES string of the molecule is COCCOCCCNc1nc(Cl)nnc1Cl. The van der Waals surface area contributed by atoms with Gasteiger partial charge in [-0.1, -0.05) is 11.6 Å². The van der Waals surface area contributed by atoms with E-state index in [4.69, 9.17) is 32.7 Å². The maximum Gasteiger partial charge on any atom is 0.245 e. The van der Waals surface area contributed by atoms with Crippen LogP contribution >= 0.6 is 23.2 Å². The van der Waals surface area contributed by atoms with Gasteiger partial charge in [-0.2, -0.15) is 4.98 Å². The van der Waals surface area contributed by atoms with E-state index in [1.165, 1.54) is 0 Å². The van der Waals surface area contributed by atoms with Crippen LogP contribution in [0.4, 0.5) is 5.82 Å². The van der Waals surface area contributed by atoms with Crippen LogP contribution in [-0.2, 0) is 9.47 Å². The average molecular weight is 281 g/mol. The molecule has 0 aliphatic rings. The van der Waals surface area contributed by atoms with Gasteiger partial charge in [0.25, 0.3) is 0 Å². The molecule has 0 saturated heterocycles. The zero-order chi connectivity index (χ0) is 12.5. The lowest BCUT2D eigenvalue weighted by atomic mass is 10.4. The number of nitrogens with one attached hydrogen (secondary N) is 1. The zero-order valence-electron chi connectivity index (χ0n) is 9.45. The summed E-state index contributed by atoms with van der Waals surface area (Å²) in [5.74, 6) is 0.434. The molecule has 0 spiro atoms. The summed E-state index contributed by atoms with van der Waals surface area (Å²) in [6.45, 7) is 2.50. The van der Waals surface area contributed by atoms with Gasteiger partial charge in [-0.25, -0.2) is 0 Å². The Balaban J connectivity index is 2.15. The van der Waals surface area contributed by atoms with Gasteiger partial charge in [0.1, 0.15) is 0 Å². The van der Waals surface area contributed by atoms with Crippen LogP contribution in [0.2, 0.25) is 10.4 Å². The number of hydrogen-bond donors (Lipinski definition) is 1. The first-order valence-corrected chi connectivity index (χ1v) is 5.86. The third kappa shape index (κ3) is 5.97. The average Bonchev–Trinajstić information content (AvgIpc) is 2.32. The first-order chi connectivity index (χ1) is 8.24. The van der Waals surface area contributed by atoms with Gasteiger partial charge < -0.3 is 14.8 Å². The quantitative estimate of drug-likeness (QED) is 0.730. The van der Waals surface area contributed by atoms with Crippen molar-refractivity contribution < 1.29 is 9.47 Å². The minimum Gasteiger partial charge on any atom is -0.382 e. The Morgan fingerprint density at radius 2 is 2.00 bits per heavy atom. The van der Waals surface area contributed by atoms with E-state index in [9.17, 15) is 0 Å². The highest BCUT2D eigenvalue weighted by Gasteiger charge is 2.04. The van der Waals surface area contributed by atoms with Gasteiger partial charge in [0, 0.05) is 20.3 Å². The van der Waals surface area contributed by atoms with Crippen molar-refractivity contribution in [3.05, 3.63) is 10.4 Å². The lowest BCUT2D eigenvalue weighted by Crippen LogP contribution is -2.10. The molecule has 0 aromatic carbocycles. The second kappa shape index (κ2) is 8.41. The Bertz CT molecular complexity index is 341. The molecule has 1 heterocycles. The van der Waals surface area contributed by atoms with Crippen LogP contribution in [0.15, 0.2) is 0 Å². The smallest absolute Gasteiger partial charge is 0.245 e. The largest absolute Gasteiger partial charge is 0.382 e. The van der Waals surface area contributed by atoms with Crippen LogP contribution in [0.25, 0.3) is 0 Å². The van der Waals surface area contributed by atoms with Gasteiger partial charge in [-0.15, -0.1) is 10.2 Å². The second-order valence-corrected chi connectivity index (χ2v) is 3.80. The summed E-state index contributed by atoms with van der Waals surface area (Å²) in [5, 5.41) is 10.4. The van der Waals surface area contributed by atoms with Crippen molar-refractivity contribution in [3.63, 3.8) is 0 Å². The van der Waals surface area contributed by atoms with Crippen molar-refractivity contribution in [1.82, 2.24) is 15.2 Å². The van der Waals surface area contributed by atoms with Crippen molar-refractivity contribution in [2.45, 2.75) is 6.42 Å². The minimum absolute atomic E-state index is 0.0632. The number of anilines is 1. The van der Waals surface area contributed by atoms with Crippen molar-refractivity contribution in [2.24, 2.45) is 0 Å². The summed E-state index contributed by atoms with van der Waals surface area (Å²) in [4.78, 5) is 3.91. The molecule has 8 heteroatoms. The molecule has 0 radical (unpaired) electrons. The maximum absolute atomic E-state index is 5.77. The van der Waals surface area contributed by atoms with E-state index in [1.807, 2.05) is 0 Å². The topological polar surface area (TPSA) is 69.2 Å². The highest BCUT2D eigenvalue weighted by atomic mass is 35.5. The van der Waals surface area contributed by atoms with E-state index in [0.717, 1.165) is 6.42 Å². The van der Waals surface area contributed by atoms with Gasteiger partial charge in [0.2, 0.25) is 5.28 Å². The molecule has 1 aromatic rings. The Hall–Kier alpha value is -0.690. The fraction of sp³-hybridized carbons (Fsp3) is 0.667. The highest BCUT2D eigenvalue weighted by Crippen LogP contribution is 2.16. The standard InChI is InChI=1S/C9H14Cl2N4O2/c1-16-5-6-17-4-2-3-12-8-7(10)14-15-9(11)13-8/h2-6H2,1H3,(H,12,13,15). The molecule has 17 heavy (non-hydrogen) atoms. The fourth-order valence-electron chi connectivity index (χ4n) is 1.03. The van der Waals surface area contributed by atoms with E-state index in [0.29, 0.717) is 32.2 Å². The molecule has 0 aliphatic carbocycles. The van der Waals surface area contributed by atoms with Gasteiger partial charge in [0.15, 0.2) is 11.0 Å². The lowest BCUT2D eigenvalue weighted by molar-refractivity contribution is 0.0705. The fourth-order valence-corrected chi connectivity index (χ4v) is 1.30. The number of halogens is 2. The number of rotatable bonds is 8. The Labute approximate surface area is 110 Å². The van der Waals surface area contributed by atoms with Crippen molar-refractivity contribution >= 4 is 29.0 Å². The molecule has 0 amide bonds. The van der Waals surface area contributed by atoms with E-state index in [-0.39, 0.29) is 10.4 Å². The molecule has 0 fully saturated rings. The maximum atomic E-state index is 5.77. The predicted molar refractivity (Wildman–Crippen MR) is 65.6 cm³/mol. The van der Waals surface area contributed by atoms with Gasteiger partial charge >= 0.3 is 0 Å². The molecule has 0 aliphatic heterocycles. The minimum atomic E-state index is 0.0632. The van der Waals surface area contributed by atoms with Crippen LogP contribution in [0, 0.1) is 0 Å². The van der Waals surface area contributed by atoms with Gasteiger partial charge in [0.05, 0.1) is 13.2 Å². The van der Waals surface area contributed by atoms with Crippen LogP contribution in [-0.4, -0.2) is 48.7 Å². The summed E-state index contributed by atoms with van der Waals surface area (Å²) < 4.78 is 10.1. The molecule has 96 valence electrons. The Morgan fingerprint density at radius 1 is 1.18 bits per heavy atom. The van der Waals surface area contributed by atoms with Gasteiger partial charge in [-0.3, -0.25) is 0 Å². The van der Waals surface area contributed by atoms with E-state index < -0.39 is 0 Å². The summed E-state index contributed by atoms with van der Waals surface area (Å²) in [6.07, 6.45) is 0.821.